The average Bonchev–Trinajstić information content (AvgIpc) is 2.24. The van der Waals surface area contributed by atoms with Crippen molar-refractivity contribution in [3.8, 4) is 0 Å². The van der Waals surface area contributed by atoms with Crippen LogP contribution in [0, 0.1) is 5.92 Å². The lowest BCUT2D eigenvalue weighted by Gasteiger charge is -2.27. The van der Waals surface area contributed by atoms with Crippen molar-refractivity contribution in [1.29, 1.82) is 0 Å². The normalized spacial score (nSPS) is 15.6. The molecule has 2 unspecified atom stereocenters. The van der Waals surface area contributed by atoms with Gasteiger partial charge in [0.2, 0.25) is 0 Å². The fourth-order valence-corrected chi connectivity index (χ4v) is 1.80. The van der Waals surface area contributed by atoms with E-state index in [2.05, 4.69) is 25.7 Å². The topological polar surface area (TPSA) is 38.5 Å². The first-order valence-corrected chi connectivity index (χ1v) is 6.08. The molecule has 0 aromatic heterocycles. The van der Waals surface area contributed by atoms with Crippen LogP contribution in [-0.2, 0) is 4.74 Å². The minimum atomic E-state index is 0.521. The van der Waals surface area contributed by atoms with Gasteiger partial charge in [-0.25, -0.2) is 0 Å². The molecule has 0 amide bonds. The van der Waals surface area contributed by atoms with Crippen molar-refractivity contribution in [2.45, 2.75) is 39.7 Å². The lowest BCUT2D eigenvalue weighted by Crippen LogP contribution is -2.37. The van der Waals surface area contributed by atoms with Gasteiger partial charge in [-0.2, -0.15) is 0 Å². The van der Waals surface area contributed by atoms with Gasteiger partial charge in [-0.15, -0.1) is 0 Å². The molecule has 0 fully saturated rings. The van der Waals surface area contributed by atoms with Crippen LogP contribution in [0.3, 0.4) is 0 Å². The Balaban J connectivity index is 3.69. The highest BCUT2D eigenvalue weighted by Crippen LogP contribution is 2.07. The molecule has 0 saturated carbocycles. The maximum atomic E-state index is 5.60. The molecular weight excluding hydrogens is 188 g/mol. The Labute approximate surface area is 95.0 Å². The van der Waals surface area contributed by atoms with Crippen molar-refractivity contribution in [3.63, 3.8) is 0 Å². The van der Waals surface area contributed by atoms with E-state index in [0.29, 0.717) is 12.0 Å². The second kappa shape index (κ2) is 9.13. The van der Waals surface area contributed by atoms with Crippen molar-refractivity contribution in [1.82, 2.24) is 4.90 Å². The maximum absolute atomic E-state index is 5.60. The zero-order chi connectivity index (χ0) is 11.7. The lowest BCUT2D eigenvalue weighted by atomic mass is 10.1. The minimum Gasteiger partial charge on any atom is -0.383 e. The molecule has 92 valence electrons. The predicted octanol–water partition coefficient (Wildman–Crippen LogP) is 1.72. The molecule has 3 heteroatoms. The number of likely N-dealkylation sites (N-methyl/N-ethyl adjacent to an activating group) is 1. The standard InChI is InChI=1S/C12H28N2O/c1-5-14(12(3)10-15-4)8-6-7-11(2)9-13/h11-12H,5-10,13H2,1-4H3. The van der Waals surface area contributed by atoms with E-state index in [1.165, 1.54) is 12.8 Å². The maximum Gasteiger partial charge on any atom is 0.0615 e. The number of nitrogens with zero attached hydrogens (tertiary/aromatic N) is 1. The zero-order valence-electron chi connectivity index (χ0n) is 10.8. The molecule has 0 aliphatic rings. The summed E-state index contributed by atoms with van der Waals surface area (Å²) in [7, 11) is 1.76. The van der Waals surface area contributed by atoms with Crippen molar-refractivity contribution < 1.29 is 4.74 Å². The number of hydrogen-bond donors (Lipinski definition) is 1. The van der Waals surface area contributed by atoms with E-state index in [1.54, 1.807) is 7.11 Å². The molecule has 0 spiro atoms. The van der Waals surface area contributed by atoms with Crippen LogP contribution in [-0.4, -0.2) is 44.3 Å². The molecular formula is C12H28N2O. The monoisotopic (exact) mass is 216 g/mol. The number of nitrogens with two attached hydrogens (primary N) is 1. The van der Waals surface area contributed by atoms with Gasteiger partial charge in [0.15, 0.2) is 0 Å². The summed E-state index contributed by atoms with van der Waals surface area (Å²) in [4.78, 5) is 2.47. The van der Waals surface area contributed by atoms with Gasteiger partial charge in [0, 0.05) is 13.2 Å². The summed E-state index contributed by atoms with van der Waals surface area (Å²) in [6, 6.07) is 0.521. The van der Waals surface area contributed by atoms with Crippen LogP contribution in [0.2, 0.25) is 0 Å². The Bertz CT molecular complexity index is 142. The Morgan fingerprint density at radius 3 is 2.47 bits per heavy atom. The molecule has 2 atom stereocenters. The van der Waals surface area contributed by atoms with E-state index >= 15 is 0 Å². The van der Waals surface area contributed by atoms with Crippen molar-refractivity contribution >= 4 is 0 Å². The van der Waals surface area contributed by atoms with Gasteiger partial charge in [0.1, 0.15) is 0 Å². The first-order chi connectivity index (χ1) is 7.15. The van der Waals surface area contributed by atoms with E-state index in [0.717, 1.165) is 26.2 Å². The summed E-state index contributed by atoms with van der Waals surface area (Å²) < 4.78 is 5.17. The molecule has 0 saturated heterocycles. The van der Waals surface area contributed by atoms with Crippen molar-refractivity contribution in [2.24, 2.45) is 11.7 Å². The molecule has 0 aliphatic carbocycles. The van der Waals surface area contributed by atoms with Crippen LogP contribution in [0.15, 0.2) is 0 Å². The van der Waals surface area contributed by atoms with Crippen LogP contribution in [0.25, 0.3) is 0 Å². The molecule has 0 heterocycles. The van der Waals surface area contributed by atoms with Gasteiger partial charge in [-0.05, 0) is 45.3 Å². The van der Waals surface area contributed by atoms with E-state index in [-0.39, 0.29) is 0 Å². The summed E-state index contributed by atoms with van der Waals surface area (Å²) in [5.74, 6) is 0.654. The summed E-state index contributed by atoms with van der Waals surface area (Å²) >= 11 is 0. The summed E-state index contributed by atoms with van der Waals surface area (Å²) in [5.41, 5.74) is 5.60. The second-order valence-corrected chi connectivity index (χ2v) is 4.42. The molecule has 0 bridgehead atoms. The smallest absolute Gasteiger partial charge is 0.0615 e. The molecule has 15 heavy (non-hydrogen) atoms. The van der Waals surface area contributed by atoms with Crippen molar-refractivity contribution in [2.75, 3.05) is 33.4 Å². The first-order valence-electron chi connectivity index (χ1n) is 6.08. The Kier molecular flexibility index (Phi) is 9.06. The lowest BCUT2D eigenvalue weighted by molar-refractivity contribution is 0.101. The summed E-state index contributed by atoms with van der Waals surface area (Å²) in [6.45, 7) is 10.5. The van der Waals surface area contributed by atoms with Crippen LogP contribution >= 0.6 is 0 Å². The largest absolute Gasteiger partial charge is 0.383 e. The first kappa shape index (κ1) is 14.9. The second-order valence-electron chi connectivity index (χ2n) is 4.42. The number of methoxy groups -OCH3 is 1. The molecule has 0 rings (SSSR count). The fraction of sp³-hybridized carbons (Fsp3) is 1.00. The average molecular weight is 216 g/mol. The van der Waals surface area contributed by atoms with E-state index in [4.69, 9.17) is 10.5 Å². The Morgan fingerprint density at radius 1 is 1.33 bits per heavy atom. The van der Waals surface area contributed by atoms with Crippen LogP contribution in [0.4, 0.5) is 0 Å². The van der Waals surface area contributed by atoms with Gasteiger partial charge in [0.25, 0.3) is 0 Å². The zero-order valence-corrected chi connectivity index (χ0v) is 10.8. The van der Waals surface area contributed by atoms with Gasteiger partial charge < -0.3 is 10.5 Å². The predicted molar refractivity (Wildman–Crippen MR) is 66.0 cm³/mol. The van der Waals surface area contributed by atoms with Gasteiger partial charge in [0.05, 0.1) is 6.61 Å². The molecule has 0 aromatic rings. The number of rotatable bonds is 9. The van der Waals surface area contributed by atoms with Crippen LogP contribution in [0.1, 0.15) is 33.6 Å². The van der Waals surface area contributed by atoms with Crippen LogP contribution in [0.5, 0.6) is 0 Å². The third-order valence-electron chi connectivity index (χ3n) is 2.98. The van der Waals surface area contributed by atoms with E-state index in [9.17, 15) is 0 Å². The molecule has 0 aliphatic heterocycles. The van der Waals surface area contributed by atoms with Gasteiger partial charge in [-0.3, -0.25) is 4.90 Å². The van der Waals surface area contributed by atoms with Crippen molar-refractivity contribution in [3.05, 3.63) is 0 Å². The minimum absolute atomic E-state index is 0.521. The highest BCUT2D eigenvalue weighted by Gasteiger charge is 2.11. The highest BCUT2D eigenvalue weighted by molar-refractivity contribution is 4.66. The third-order valence-corrected chi connectivity index (χ3v) is 2.98. The third kappa shape index (κ3) is 6.88. The quantitative estimate of drug-likeness (QED) is 0.638. The number of hydrogen-bond acceptors (Lipinski definition) is 3. The summed E-state index contributed by atoms with van der Waals surface area (Å²) in [6.07, 6.45) is 2.47. The molecule has 0 radical (unpaired) electrons. The van der Waals surface area contributed by atoms with E-state index < -0.39 is 0 Å². The highest BCUT2D eigenvalue weighted by atomic mass is 16.5. The Hall–Kier alpha value is -0.120. The molecule has 2 N–H and O–H groups in total. The van der Waals surface area contributed by atoms with Crippen LogP contribution < -0.4 is 5.73 Å². The summed E-state index contributed by atoms with van der Waals surface area (Å²) in [5, 5.41) is 0. The fourth-order valence-electron chi connectivity index (χ4n) is 1.80. The molecule has 3 nitrogen and oxygen atoms in total. The molecule has 0 aromatic carbocycles. The Morgan fingerprint density at radius 2 is 2.00 bits per heavy atom. The number of ether oxygens (including phenoxy) is 1. The SMILES string of the molecule is CCN(CCCC(C)CN)C(C)COC. The van der Waals surface area contributed by atoms with E-state index in [1.807, 2.05) is 0 Å². The van der Waals surface area contributed by atoms with Gasteiger partial charge in [-0.1, -0.05) is 13.8 Å². The van der Waals surface area contributed by atoms with Gasteiger partial charge >= 0.3 is 0 Å².